The van der Waals surface area contributed by atoms with Crippen molar-refractivity contribution in [3.63, 3.8) is 0 Å². The first kappa shape index (κ1) is 24.5. The Morgan fingerprint density at radius 3 is 2.56 bits per heavy atom. The Morgan fingerprint density at radius 2 is 1.78 bits per heavy atom. The zero-order valence-corrected chi connectivity index (χ0v) is 21.0. The van der Waals surface area contributed by atoms with E-state index in [1.54, 1.807) is 24.3 Å². The van der Waals surface area contributed by atoms with Gasteiger partial charge in [0.2, 0.25) is 0 Å². The highest BCUT2D eigenvalue weighted by atomic mass is 35.5. The number of hydrogen-bond acceptors (Lipinski definition) is 3. The van der Waals surface area contributed by atoms with Crippen LogP contribution in [0.15, 0.2) is 66.7 Å². The first-order valence-electron chi connectivity index (χ1n) is 12.3. The lowest BCUT2D eigenvalue weighted by Gasteiger charge is -2.41. The third-order valence-corrected chi connectivity index (χ3v) is 7.70. The molecule has 5 nitrogen and oxygen atoms in total. The van der Waals surface area contributed by atoms with E-state index in [9.17, 15) is 14.0 Å². The third-order valence-electron chi connectivity index (χ3n) is 7.37. The number of rotatable bonds is 3. The number of carbonyl (C=O) groups excluding carboxylic acids is 2. The largest absolute Gasteiger partial charge is 0.322 e. The van der Waals surface area contributed by atoms with Gasteiger partial charge in [-0.2, -0.15) is 0 Å². The topological polar surface area (TPSA) is 52.6 Å². The number of likely N-dealkylation sites (tertiary alicyclic amines) is 1. The minimum absolute atomic E-state index is 0.0558. The molecule has 0 radical (unpaired) electrons. The van der Waals surface area contributed by atoms with Crippen molar-refractivity contribution in [2.24, 2.45) is 5.41 Å². The average Bonchev–Trinajstić information content (AvgIpc) is 3.02. The van der Waals surface area contributed by atoms with Crippen molar-refractivity contribution in [1.29, 1.82) is 0 Å². The first-order valence-corrected chi connectivity index (χ1v) is 12.7. The molecule has 5 rings (SSSR count). The molecule has 1 saturated heterocycles. The van der Waals surface area contributed by atoms with E-state index in [1.807, 2.05) is 17.0 Å². The lowest BCUT2D eigenvalue weighted by molar-refractivity contribution is 0.0943. The summed E-state index contributed by atoms with van der Waals surface area (Å²) in [5.41, 5.74) is 3.48. The number of nitrogens with zero attached hydrogens (tertiary/aromatic N) is 2. The van der Waals surface area contributed by atoms with Gasteiger partial charge in [0.1, 0.15) is 5.82 Å². The van der Waals surface area contributed by atoms with Crippen LogP contribution < -0.4 is 10.2 Å². The van der Waals surface area contributed by atoms with Gasteiger partial charge in [-0.05, 0) is 98.8 Å². The maximum absolute atomic E-state index is 13.7. The number of anilines is 2. The lowest BCUT2D eigenvalue weighted by Crippen LogP contribution is -2.43. The quantitative estimate of drug-likeness (QED) is 0.472. The third kappa shape index (κ3) is 5.01. The summed E-state index contributed by atoms with van der Waals surface area (Å²) < 4.78 is 13.6. The van der Waals surface area contributed by atoms with Gasteiger partial charge in [-0.15, -0.1) is 0 Å². The number of piperidine rings is 1. The molecule has 0 saturated carbocycles. The van der Waals surface area contributed by atoms with Gasteiger partial charge in [0.15, 0.2) is 0 Å². The van der Waals surface area contributed by atoms with E-state index in [1.165, 1.54) is 30.5 Å². The fourth-order valence-electron chi connectivity index (χ4n) is 5.62. The molecule has 2 aliphatic heterocycles. The molecular weight excluding hydrogens is 477 g/mol. The Hall–Kier alpha value is -3.22. The fraction of sp³-hybridized carbons (Fsp3) is 0.310. The van der Waals surface area contributed by atoms with E-state index in [-0.39, 0.29) is 21.9 Å². The number of benzene rings is 3. The Bertz CT molecular complexity index is 1300. The van der Waals surface area contributed by atoms with Gasteiger partial charge in [-0.3, -0.25) is 9.59 Å². The van der Waals surface area contributed by atoms with Crippen LogP contribution in [0.2, 0.25) is 5.02 Å². The highest BCUT2D eigenvalue weighted by Gasteiger charge is 2.38. The van der Waals surface area contributed by atoms with Crippen molar-refractivity contribution in [1.82, 2.24) is 4.90 Å². The highest BCUT2D eigenvalue weighted by Crippen LogP contribution is 2.42. The Balaban J connectivity index is 1.35. The van der Waals surface area contributed by atoms with E-state index in [0.717, 1.165) is 37.7 Å². The van der Waals surface area contributed by atoms with Gasteiger partial charge < -0.3 is 15.1 Å². The second-order valence-electron chi connectivity index (χ2n) is 10.0. The molecule has 1 fully saturated rings. The number of para-hydroxylation sites is 1. The van der Waals surface area contributed by atoms with Crippen LogP contribution in [0.3, 0.4) is 0 Å². The van der Waals surface area contributed by atoms with Gasteiger partial charge in [0.25, 0.3) is 11.8 Å². The van der Waals surface area contributed by atoms with Crippen LogP contribution in [0.1, 0.15) is 45.5 Å². The summed E-state index contributed by atoms with van der Waals surface area (Å²) >= 11 is 6.05. The normalized spacial score (nSPS) is 20.0. The monoisotopic (exact) mass is 505 g/mol. The summed E-state index contributed by atoms with van der Waals surface area (Å²) in [5, 5.41) is 2.89. The van der Waals surface area contributed by atoms with Gasteiger partial charge in [-0.1, -0.05) is 29.8 Å². The van der Waals surface area contributed by atoms with E-state index >= 15 is 0 Å². The van der Waals surface area contributed by atoms with Crippen LogP contribution in [0.25, 0.3) is 0 Å². The molecule has 0 bridgehead atoms. The molecule has 3 aromatic carbocycles. The second kappa shape index (κ2) is 10.0. The fourth-order valence-corrected chi connectivity index (χ4v) is 5.82. The van der Waals surface area contributed by atoms with Crippen molar-refractivity contribution in [3.8, 4) is 0 Å². The lowest BCUT2D eigenvalue weighted by atomic mass is 9.73. The predicted molar refractivity (Wildman–Crippen MR) is 141 cm³/mol. The van der Waals surface area contributed by atoms with Crippen molar-refractivity contribution in [3.05, 3.63) is 94.3 Å². The number of amides is 2. The molecule has 1 atom stereocenters. The summed E-state index contributed by atoms with van der Waals surface area (Å²) in [6.07, 6.45) is 4.29. The molecule has 0 aromatic heterocycles. The minimum Gasteiger partial charge on any atom is -0.322 e. The van der Waals surface area contributed by atoms with Crippen LogP contribution in [0, 0.1) is 11.2 Å². The first-order chi connectivity index (χ1) is 17.3. The Labute approximate surface area is 215 Å². The number of halogens is 2. The summed E-state index contributed by atoms with van der Waals surface area (Å²) in [7, 11) is 2.18. The molecular formula is C29H29ClFN3O2. The number of carbonyl (C=O) groups is 2. The van der Waals surface area contributed by atoms with Crippen molar-refractivity contribution < 1.29 is 14.0 Å². The number of nitrogens with one attached hydrogen (secondary N) is 1. The molecule has 2 amide bonds. The molecule has 36 heavy (non-hydrogen) atoms. The van der Waals surface area contributed by atoms with E-state index < -0.39 is 11.7 Å². The van der Waals surface area contributed by atoms with Gasteiger partial charge in [-0.25, -0.2) is 4.39 Å². The standard InChI is InChI=1S/C29H29ClFN3O2/c1-33-15-4-13-29(19-33)14-16-34(26-6-3-2-5-21(26)18-29)28(36)20-7-10-23(11-8-20)32-27(35)24-17-22(31)9-12-25(24)30/h2-3,5-12,17H,4,13-16,18-19H2,1H3,(H,32,35). The van der Waals surface area contributed by atoms with E-state index in [0.29, 0.717) is 17.8 Å². The Morgan fingerprint density at radius 1 is 1.00 bits per heavy atom. The summed E-state index contributed by atoms with van der Waals surface area (Å²) in [5.74, 6) is -1.11. The Kier molecular flexibility index (Phi) is 6.82. The highest BCUT2D eigenvalue weighted by molar-refractivity contribution is 6.34. The molecule has 2 heterocycles. The van der Waals surface area contributed by atoms with Gasteiger partial charge in [0.05, 0.1) is 10.6 Å². The van der Waals surface area contributed by atoms with Crippen LogP contribution in [0.4, 0.5) is 15.8 Å². The van der Waals surface area contributed by atoms with Crippen LogP contribution in [-0.2, 0) is 6.42 Å². The summed E-state index contributed by atoms with van der Waals surface area (Å²) in [6.45, 7) is 2.84. The predicted octanol–water partition coefficient (Wildman–Crippen LogP) is 6.04. The molecule has 2 aliphatic rings. The van der Waals surface area contributed by atoms with Crippen LogP contribution >= 0.6 is 11.6 Å². The maximum Gasteiger partial charge on any atom is 0.258 e. The average molecular weight is 506 g/mol. The zero-order valence-electron chi connectivity index (χ0n) is 20.3. The molecule has 1 N–H and O–H groups in total. The molecule has 3 aromatic rings. The summed E-state index contributed by atoms with van der Waals surface area (Å²) in [4.78, 5) is 30.5. The van der Waals surface area contributed by atoms with Gasteiger partial charge >= 0.3 is 0 Å². The zero-order chi connectivity index (χ0) is 25.3. The minimum atomic E-state index is -0.537. The van der Waals surface area contributed by atoms with Crippen molar-refractivity contribution >= 4 is 34.8 Å². The van der Waals surface area contributed by atoms with E-state index in [4.69, 9.17) is 11.6 Å². The van der Waals surface area contributed by atoms with E-state index in [2.05, 4.69) is 29.4 Å². The molecule has 186 valence electrons. The van der Waals surface area contributed by atoms with Gasteiger partial charge in [0, 0.05) is 30.0 Å². The van der Waals surface area contributed by atoms with Crippen LogP contribution in [-0.4, -0.2) is 43.4 Å². The second-order valence-corrected chi connectivity index (χ2v) is 10.4. The SMILES string of the molecule is CN1CCCC2(CCN(C(=O)c3ccc(NC(=O)c4cc(F)ccc4Cl)cc3)c3ccccc3C2)C1. The van der Waals surface area contributed by atoms with Crippen molar-refractivity contribution in [2.45, 2.75) is 25.7 Å². The maximum atomic E-state index is 13.7. The van der Waals surface area contributed by atoms with Crippen LogP contribution in [0.5, 0.6) is 0 Å². The van der Waals surface area contributed by atoms with Crippen molar-refractivity contribution in [2.75, 3.05) is 36.9 Å². The molecule has 0 aliphatic carbocycles. The number of hydrogen-bond donors (Lipinski definition) is 1. The molecule has 7 heteroatoms. The summed E-state index contributed by atoms with van der Waals surface area (Å²) in [6, 6.07) is 18.7. The number of fused-ring (bicyclic) bond motifs is 1. The molecule has 1 unspecified atom stereocenters. The molecule has 1 spiro atoms. The smallest absolute Gasteiger partial charge is 0.258 e.